The molecular weight excluding hydrogens is 548 g/mol. The zero-order valence-corrected chi connectivity index (χ0v) is 23.2. The zero-order valence-electron chi connectivity index (χ0n) is 22.4. The number of phenolic OH excluding ortho intramolecular Hbond substituents is 1. The van der Waals surface area contributed by atoms with Gasteiger partial charge in [0.1, 0.15) is 19.0 Å². The van der Waals surface area contributed by atoms with E-state index >= 15 is 0 Å². The number of ketones is 1. The lowest BCUT2D eigenvalue weighted by Gasteiger charge is -2.36. The number of benzene rings is 2. The number of nitro benzene ring substituents is 1. The van der Waals surface area contributed by atoms with Gasteiger partial charge in [-0.3, -0.25) is 14.9 Å². The van der Waals surface area contributed by atoms with Crippen molar-refractivity contribution in [2.45, 2.75) is 31.6 Å². The number of carbonyl (C=O) groups excluding carboxylic acids is 2. The first-order valence-electron chi connectivity index (χ1n) is 13.0. The molecule has 212 valence electrons. The van der Waals surface area contributed by atoms with Gasteiger partial charge >= 0.3 is 11.7 Å². The van der Waals surface area contributed by atoms with Crippen molar-refractivity contribution < 1.29 is 33.8 Å². The van der Waals surface area contributed by atoms with Crippen LogP contribution in [0.4, 0.5) is 5.69 Å². The molecule has 2 heterocycles. The van der Waals surface area contributed by atoms with Crippen LogP contribution >= 0.6 is 11.3 Å². The third kappa shape index (κ3) is 5.66. The Bertz CT molecular complexity index is 1550. The number of para-hydroxylation sites is 1. The fourth-order valence-corrected chi connectivity index (χ4v) is 6.16. The zero-order chi connectivity index (χ0) is 29.1. The fourth-order valence-electron chi connectivity index (χ4n) is 5.33. The Morgan fingerprint density at radius 3 is 2.61 bits per heavy atom. The summed E-state index contributed by atoms with van der Waals surface area (Å²) in [6.07, 6.45) is 0.751. The van der Waals surface area contributed by atoms with Crippen LogP contribution in [0.3, 0.4) is 0 Å². The number of dihydropyridines is 1. The first-order valence-corrected chi connectivity index (χ1v) is 13.8. The Balaban J connectivity index is 1.51. The molecule has 2 N–H and O–H groups in total. The summed E-state index contributed by atoms with van der Waals surface area (Å²) in [4.78, 5) is 39.4. The summed E-state index contributed by atoms with van der Waals surface area (Å²) in [5.74, 6) is -2.03. The van der Waals surface area contributed by atoms with Crippen molar-refractivity contribution in [3.8, 4) is 17.2 Å². The molecule has 2 aliphatic rings. The van der Waals surface area contributed by atoms with Crippen LogP contribution in [-0.2, 0) is 14.3 Å². The maximum absolute atomic E-state index is 13.7. The molecule has 2 aromatic carbocycles. The summed E-state index contributed by atoms with van der Waals surface area (Å²) < 4.78 is 16.4. The minimum Gasteiger partial charge on any atom is -0.500 e. The molecule has 2 unspecified atom stereocenters. The summed E-state index contributed by atoms with van der Waals surface area (Å²) in [7, 11) is 1.27. The Morgan fingerprint density at radius 1 is 1.15 bits per heavy atom. The standard InChI is InChI=1S/C30H28N2O8S/c1-17-26(30(35)40-11-10-39-20-7-4-3-5-8-20)27(19-14-22(32(36)37)29(34)24(16-19)38-2)28-21(31-17)13-18(15-23(28)33)25-9-6-12-41-25/h3-9,12,14,16,18,27,31,34H,10-11,13,15H2,1-2H3. The van der Waals surface area contributed by atoms with E-state index in [1.54, 1.807) is 30.4 Å². The van der Waals surface area contributed by atoms with E-state index in [1.165, 1.54) is 19.2 Å². The lowest BCUT2D eigenvalue weighted by molar-refractivity contribution is -0.386. The molecule has 0 bridgehead atoms. The minimum atomic E-state index is -0.973. The van der Waals surface area contributed by atoms with E-state index in [0.29, 0.717) is 29.1 Å². The van der Waals surface area contributed by atoms with Gasteiger partial charge in [0, 0.05) is 46.2 Å². The number of allylic oxidation sites excluding steroid dienone is 3. The number of aromatic hydroxyl groups is 1. The van der Waals surface area contributed by atoms with Crippen LogP contribution in [-0.4, -0.2) is 42.1 Å². The number of ether oxygens (including phenoxy) is 3. The normalized spacial score (nSPS) is 18.4. The predicted molar refractivity (Wildman–Crippen MR) is 151 cm³/mol. The van der Waals surface area contributed by atoms with Gasteiger partial charge in [0.2, 0.25) is 5.75 Å². The van der Waals surface area contributed by atoms with Gasteiger partial charge in [-0.05, 0) is 48.6 Å². The van der Waals surface area contributed by atoms with Gasteiger partial charge in [-0.1, -0.05) is 24.3 Å². The Kier molecular flexibility index (Phi) is 8.06. The van der Waals surface area contributed by atoms with Gasteiger partial charge < -0.3 is 24.6 Å². The number of nitrogens with one attached hydrogen (secondary N) is 1. The highest BCUT2D eigenvalue weighted by molar-refractivity contribution is 7.10. The Hall–Kier alpha value is -4.64. The van der Waals surface area contributed by atoms with E-state index in [9.17, 15) is 24.8 Å². The lowest BCUT2D eigenvalue weighted by atomic mass is 9.72. The molecule has 0 fully saturated rings. The van der Waals surface area contributed by atoms with Crippen molar-refractivity contribution >= 4 is 28.8 Å². The molecule has 0 saturated carbocycles. The van der Waals surface area contributed by atoms with E-state index in [0.717, 1.165) is 4.88 Å². The van der Waals surface area contributed by atoms with Crippen molar-refractivity contribution in [3.63, 3.8) is 0 Å². The van der Waals surface area contributed by atoms with Gasteiger partial charge in [0.15, 0.2) is 11.5 Å². The van der Waals surface area contributed by atoms with Crippen LogP contribution in [0.2, 0.25) is 0 Å². The average Bonchev–Trinajstić information content (AvgIpc) is 3.50. The van der Waals surface area contributed by atoms with Crippen LogP contribution in [0, 0.1) is 10.1 Å². The molecule has 3 aromatic rings. The lowest BCUT2D eigenvalue weighted by Crippen LogP contribution is -2.36. The van der Waals surface area contributed by atoms with E-state index < -0.39 is 28.2 Å². The number of hydrogen-bond donors (Lipinski definition) is 2. The highest BCUT2D eigenvalue weighted by Gasteiger charge is 2.42. The molecule has 0 radical (unpaired) electrons. The number of Topliss-reactive ketones (excluding diaryl/α,β-unsaturated/α-hetero) is 1. The van der Waals surface area contributed by atoms with Gasteiger partial charge in [-0.25, -0.2) is 4.79 Å². The number of esters is 1. The number of thiophene rings is 1. The fraction of sp³-hybridized carbons (Fsp3) is 0.267. The number of methoxy groups -OCH3 is 1. The highest BCUT2D eigenvalue weighted by Crippen LogP contribution is 2.49. The van der Waals surface area contributed by atoms with Crippen molar-refractivity contribution in [1.82, 2.24) is 5.32 Å². The summed E-state index contributed by atoms with van der Waals surface area (Å²) in [6, 6.07) is 15.6. The topological polar surface area (TPSA) is 137 Å². The van der Waals surface area contributed by atoms with Crippen LogP contribution in [0.15, 0.2) is 82.5 Å². The molecule has 0 amide bonds. The van der Waals surface area contributed by atoms with Crippen molar-refractivity contribution in [2.24, 2.45) is 0 Å². The molecule has 1 aromatic heterocycles. The van der Waals surface area contributed by atoms with Crippen LogP contribution < -0.4 is 14.8 Å². The maximum Gasteiger partial charge on any atom is 0.336 e. The monoisotopic (exact) mass is 576 g/mol. The summed E-state index contributed by atoms with van der Waals surface area (Å²) in [5, 5.41) is 27.4. The molecule has 11 heteroatoms. The number of nitrogens with zero attached hydrogens (tertiary/aromatic N) is 1. The number of carbonyl (C=O) groups is 2. The largest absolute Gasteiger partial charge is 0.500 e. The Labute approximate surface area is 240 Å². The molecule has 5 rings (SSSR count). The molecule has 10 nitrogen and oxygen atoms in total. The number of nitro groups is 1. The second-order valence-corrected chi connectivity index (χ2v) is 10.7. The number of rotatable bonds is 9. The van der Waals surface area contributed by atoms with Crippen molar-refractivity contribution in [3.05, 3.63) is 103 Å². The van der Waals surface area contributed by atoms with Gasteiger partial charge in [0.25, 0.3) is 0 Å². The average molecular weight is 577 g/mol. The number of hydrogen-bond acceptors (Lipinski definition) is 10. The molecule has 2 atom stereocenters. The minimum absolute atomic E-state index is 0.0328. The van der Waals surface area contributed by atoms with Crippen molar-refractivity contribution in [2.75, 3.05) is 20.3 Å². The molecule has 0 saturated heterocycles. The maximum atomic E-state index is 13.7. The van der Waals surface area contributed by atoms with Gasteiger partial charge in [-0.15, -0.1) is 11.3 Å². The van der Waals surface area contributed by atoms with Crippen LogP contribution in [0.1, 0.15) is 42.0 Å². The van der Waals surface area contributed by atoms with Crippen LogP contribution in [0.5, 0.6) is 17.2 Å². The van der Waals surface area contributed by atoms with Gasteiger partial charge in [0.05, 0.1) is 17.6 Å². The number of phenols is 1. The summed E-state index contributed by atoms with van der Waals surface area (Å²) >= 11 is 1.58. The van der Waals surface area contributed by atoms with E-state index in [1.807, 2.05) is 35.7 Å². The molecule has 1 aliphatic heterocycles. The molecule has 1 aliphatic carbocycles. The third-order valence-corrected chi connectivity index (χ3v) is 8.18. The highest BCUT2D eigenvalue weighted by atomic mass is 32.1. The smallest absolute Gasteiger partial charge is 0.336 e. The first kappa shape index (κ1) is 27.9. The summed E-state index contributed by atoms with van der Waals surface area (Å²) in [6.45, 7) is 1.75. The SMILES string of the molecule is COc1cc(C2C(C(=O)OCCOc3ccccc3)=C(C)NC3=C2C(=O)CC(c2cccs2)C3)cc([N+](=O)[O-])c1O. The second kappa shape index (κ2) is 11.8. The molecule has 41 heavy (non-hydrogen) atoms. The van der Waals surface area contributed by atoms with E-state index in [2.05, 4.69) is 5.32 Å². The third-order valence-electron chi connectivity index (χ3n) is 7.15. The summed E-state index contributed by atoms with van der Waals surface area (Å²) in [5.41, 5.74) is 1.28. The van der Waals surface area contributed by atoms with Gasteiger partial charge in [-0.2, -0.15) is 0 Å². The quantitative estimate of drug-likeness (QED) is 0.149. The van der Waals surface area contributed by atoms with Crippen molar-refractivity contribution in [1.29, 1.82) is 0 Å². The molecular formula is C30H28N2O8S. The predicted octanol–water partition coefficient (Wildman–Crippen LogP) is 5.35. The van der Waals surface area contributed by atoms with E-state index in [-0.39, 0.29) is 48.2 Å². The second-order valence-electron chi connectivity index (χ2n) is 9.68. The molecule has 0 spiro atoms. The van der Waals surface area contributed by atoms with Crippen LogP contribution in [0.25, 0.3) is 0 Å². The first-order chi connectivity index (χ1) is 19.8. The van der Waals surface area contributed by atoms with E-state index in [4.69, 9.17) is 14.2 Å². The Morgan fingerprint density at radius 2 is 1.93 bits per heavy atom.